The molecule has 11 heteroatoms. The zero-order valence-corrected chi connectivity index (χ0v) is 22.4. The number of rotatable bonds is 10. The Bertz CT molecular complexity index is 1640. The van der Waals surface area contributed by atoms with E-state index in [4.69, 9.17) is 13.9 Å². The Morgan fingerprint density at radius 1 is 0.951 bits per heavy atom. The van der Waals surface area contributed by atoms with Crippen molar-refractivity contribution in [3.8, 4) is 22.8 Å². The number of ether oxygens (including phenoxy) is 2. The van der Waals surface area contributed by atoms with Crippen LogP contribution in [0.5, 0.6) is 11.5 Å². The molecule has 41 heavy (non-hydrogen) atoms. The van der Waals surface area contributed by atoms with Crippen molar-refractivity contribution in [3.05, 3.63) is 117 Å². The Balaban J connectivity index is 1.53. The van der Waals surface area contributed by atoms with E-state index < -0.39 is 16.7 Å². The van der Waals surface area contributed by atoms with E-state index in [-0.39, 0.29) is 11.4 Å². The van der Waals surface area contributed by atoms with E-state index in [0.717, 1.165) is 0 Å². The van der Waals surface area contributed by atoms with Crippen LogP contribution < -0.4 is 20.2 Å². The average molecular weight is 555 g/mol. The molecule has 0 aliphatic rings. The van der Waals surface area contributed by atoms with Gasteiger partial charge in [0.25, 0.3) is 17.5 Å². The third-order valence-corrected chi connectivity index (χ3v) is 5.92. The van der Waals surface area contributed by atoms with Gasteiger partial charge in [0.1, 0.15) is 17.2 Å². The predicted molar refractivity (Wildman–Crippen MR) is 153 cm³/mol. The molecule has 2 N–H and O–H groups in total. The number of nitro benzene ring substituents is 1. The Morgan fingerprint density at radius 3 is 2.39 bits per heavy atom. The Kier molecular flexibility index (Phi) is 8.90. The number of benzene rings is 3. The van der Waals surface area contributed by atoms with Gasteiger partial charge in [-0.2, -0.15) is 5.10 Å². The molecule has 0 unspecified atom stereocenters. The fraction of sp³-hybridized carbons (Fsp3) is 0.100. The summed E-state index contributed by atoms with van der Waals surface area (Å²) in [6.45, 7) is 1.74. The third kappa shape index (κ3) is 7.03. The smallest absolute Gasteiger partial charge is 0.287 e. The number of non-ortho nitro benzene ring substituents is 1. The van der Waals surface area contributed by atoms with E-state index in [1.165, 1.54) is 38.6 Å². The molecule has 0 bridgehead atoms. The lowest BCUT2D eigenvalue weighted by Crippen LogP contribution is -2.32. The molecule has 3 aromatic carbocycles. The van der Waals surface area contributed by atoms with Crippen molar-refractivity contribution in [1.29, 1.82) is 0 Å². The van der Waals surface area contributed by atoms with E-state index in [1.54, 1.807) is 73.7 Å². The first-order valence-electron chi connectivity index (χ1n) is 12.3. The summed E-state index contributed by atoms with van der Waals surface area (Å²) in [4.78, 5) is 36.5. The fourth-order valence-electron chi connectivity index (χ4n) is 3.87. The highest BCUT2D eigenvalue weighted by atomic mass is 16.6. The van der Waals surface area contributed by atoms with Crippen LogP contribution in [0.4, 0.5) is 5.69 Å². The van der Waals surface area contributed by atoms with Gasteiger partial charge in [-0.1, -0.05) is 24.3 Å². The molecule has 0 aliphatic heterocycles. The molecular formula is C30H26N4O7. The predicted octanol–water partition coefficient (Wildman–Crippen LogP) is 5.10. The summed E-state index contributed by atoms with van der Waals surface area (Å²) in [5, 5.41) is 17.6. The number of hydrogen-bond acceptors (Lipinski definition) is 8. The Morgan fingerprint density at radius 2 is 1.71 bits per heavy atom. The van der Waals surface area contributed by atoms with Gasteiger partial charge < -0.3 is 19.2 Å². The van der Waals surface area contributed by atoms with Gasteiger partial charge in [-0.3, -0.25) is 19.7 Å². The van der Waals surface area contributed by atoms with Gasteiger partial charge in [0.15, 0.2) is 11.5 Å². The minimum absolute atomic E-state index is 0.0152. The largest absolute Gasteiger partial charge is 0.493 e. The summed E-state index contributed by atoms with van der Waals surface area (Å²) < 4.78 is 16.4. The van der Waals surface area contributed by atoms with Crippen molar-refractivity contribution in [1.82, 2.24) is 10.7 Å². The first-order chi connectivity index (χ1) is 19.8. The van der Waals surface area contributed by atoms with E-state index >= 15 is 0 Å². The number of furan rings is 1. The zero-order valence-electron chi connectivity index (χ0n) is 22.4. The highest BCUT2D eigenvalue weighted by Gasteiger charge is 2.16. The van der Waals surface area contributed by atoms with Crippen LogP contribution in [0, 0.1) is 17.0 Å². The van der Waals surface area contributed by atoms with Crippen LogP contribution in [0.3, 0.4) is 0 Å². The third-order valence-electron chi connectivity index (χ3n) is 5.92. The number of methoxy groups -OCH3 is 2. The Hall–Kier alpha value is -5.71. The number of amides is 2. The molecule has 11 nitrogen and oxygen atoms in total. The molecule has 0 saturated carbocycles. The van der Waals surface area contributed by atoms with Gasteiger partial charge in [0.05, 0.1) is 25.4 Å². The minimum Gasteiger partial charge on any atom is -0.493 e. The van der Waals surface area contributed by atoms with Gasteiger partial charge in [0, 0.05) is 23.3 Å². The number of nitrogens with one attached hydrogen (secondary N) is 2. The molecule has 4 aromatic rings. The molecule has 0 saturated heterocycles. The van der Waals surface area contributed by atoms with Crippen LogP contribution in [0.25, 0.3) is 17.4 Å². The summed E-state index contributed by atoms with van der Waals surface area (Å²) >= 11 is 0. The monoisotopic (exact) mass is 554 g/mol. The van der Waals surface area contributed by atoms with Crippen molar-refractivity contribution in [3.63, 3.8) is 0 Å². The van der Waals surface area contributed by atoms with Crippen LogP contribution >= 0.6 is 0 Å². The number of nitro groups is 1. The number of nitrogens with zero attached hydrogens (tertiary/aromatic N) is 2. The molecule has 0 aliphatic carbocycles. The Labute approximate surface area is 235 Å². The fourth-order valence-corrected chi connectivity index (χ4v) is 3.87. The van der Waals surface area contributed by atoms with Gasteiger partial charge in [0.2, 0.25) is 0 Å². The highest BCUT2D eigenvalue weighted by Crippen LogP contribution is 2.29. The lowest BCUT2D eigenvalue weighted by molar-refractivity contribution is -0.384. The molecule has 0 spiro atoms. The molecule has 0 fully saturated rings. The number of hydrogen-bond donors (Lipinski definition) is 2. The van der Waals surface area contributed by atoms with Crippen molar-refractivity contribution >= 4 is 29.8 Å². The van der Waals surface area contributed by atoms with E-state index in [9.17, 15) is 19.7 Å². The number of aryl methyl sites for hydroxylation is 1. The quantitative estimate of drug-likeness (QED) is 0.120. The van der Waals surface area contributed by atoms with Crippen LogP contribution in [0.2, 0.25) is 0 Å². The molecule has 2 amide bonds. The van der Waals surface area contributed by atoms with E-state index in [2.05, 4.69) is 15.8 Å². The zero-order chi connectivity index (χ0) is 29.4. The number of carbonyl (C=O) groups is 2. The van der Waals surface area contributed by atoms with E-state index in [0.29, 0.717) is 45.3 Å². The maximum Gasteiger partial charge on any atom is 0.287 e. The maximum atomic E-state index is 13.1. The van der Waals surface area contributed by atoms with Crippen molar-refractivity contribution in [2.24, 2.45) is 5.10 Å². The van der Waals surface area contributed by atoms with Gasteiger partial charge in [-0.05, 0) is 66.6 Å². The molecule has 1 heterocycles. The molecule has 208 valence electrons. The summed E-state index contributed by atoms with van der Waals surface area (Å²) in [5.74, 6) is 0.607. The molecule has 4 rings (SSSR count). The van der Waals surface area contributed by atoms with Gasteiger partial charge >= 0.3 is 0 Å². The lowest BCUT2D eigenvalue weighted by Gasteiger charge is -2.11. The molecule has 0 radical (unpaired) electrons. The minimum atomic E-state index is -0.682. The topological polar surface area (TPSA) is 145 Å². The van der Waals surface area contributed by atoms with Crippen LogP contribution in [-0.2, 0) is 4.79 Å². The SMILES string of the molecule is COc1ccc(C=C(NC(=O)c2ccccc2)C(=O)NN=Cc2ccc(-c3ccc([N+](=O)[O-])cc3C)o2)cc1OC. The summed E-state index contributed by atoms with van der Waals surface area (Å²) in [6.07, 6.45) is 2.78. The van der Waals surface area contributed by atoms with Crippen molar-refractivity contribution in [2.45, 2.75) is 6.92 Å². The summed E-state index contributed by atoms with van der Waals surface area (Å²) in [7, 11) is 3.01. The first-order valence-corrected chi connectivity index (χ1v) is 12.3. The standard InChI is InChI=1S/C30H26N4O7/c1-19-15-22(34(37)38)10-12-24(19)26-14-11-23(41-26)18-31-33-30(36)25(32-29(35)21-7-5-4-6-8-21)16-20-9-13-27(39-2)28(17-20)40-3/h4-18H,1-3H3,(H,32,35)(H,33,36). The highest BCUT2D eigenvalue weighted by molar-refractivity contribution is 6.05. The van der Waals surface area contributed by atoms with Crippen LogP contribution in [0.1, 0.15) is 27.2 Å². The van der Waals surface area contributed by atoms with E-state index in [1.807, 2.05) is 0 Å². The van der Waals surface area contributed by atoms with Gasteiger partial charge in [-0.25, -0.2) is 5.43 Å². The number of carbonyl (C=O) groups excluding carboxylic acids is 2. The van der Waals surface area contributed by atoms with Gasteiger partial charge in [-0.15, -0.1) is 0 Å². The van der Waals surface area contributed by atoms with Crippen LogP contribution in [0.15, 0.2) is 94.1 Å². The van der Waals surface area contributed by atoms with Crippen LogP contribution in [-0.4, -0.2) is 37.2 Å². The van der Waals surface area contributed by atoms with Crippen molar-refractivity contribution in [2.75, 3.05) is 14.2 Å². The van der Waals surface area contributed by atoms with Crippen molar-refractivity contribution < 1.29 is 28.4 Å². The summed E-state index contributed by atoms with van der Waals surface area (Å²) in [6, 6.07) is 21.3. The molecule has 1 aromatic heterocycles. The maximum absolute atomic E-state index is 13.1. The second kappa shape index (κ2) is 12.9. The second-order valence-corrected chi connectivity index (χ2v) is 8.65. The summed E-state index contributed by atoms with van der Waals surface area (Å²) in [5.41, 5.74) is 4.61. The number of hydrazone groups is 1. The molecule has 0 atom stereocenters. The molecular weight excluding hydrogens is 528 g/mol. The normalized spacial score (nSPS) is 11.2. The lowest BCUT2D eigenvalue weighted by atomic mass is 10.1. The average Bonchev–Trinajstić information content (AvgIpc) is 3.45. The first kappa shape index (κ1) is 28.3. The second-order valence-electron chi connectivity index (χ2n) is 8.65.